The lowest BCUT2D eigenvalue weighted by Crippen LogP contribution is -2.31. The maximum Gasteiger partial charge on any atom is 0.258 e. The number of imide groups is 1. The van der Waals surface area contributed by atoms with Crippen molar-refractivity contribution in [3.8, 4) is 0 Å². The largest absolute Gasteiger partial charge is 0.376 e. The molecule has 0 aromatic heterocycles. The van der Waals surface area contributed by atoms with Gasteiger partial charge in [-0.3, -0.25) is 19.7 Å². The van der Waals surface area contributed by atoms with E-state index in [1.54, 1.807) is 6.07 Å². The first kappa shape index (κ1) is 16.6. The lowest BCUT2D eigenvalue weighted by atomic mass is 9.88. The van der Waals surface area contributed by atoms with Crippen LogP contribution in [0.25, 0.3) is 0 Å². The van der Waals surface area contributed by atoms with Gasteiger partial charge in [0.15, 0.2) is 0 Å². The molecule has 2 atom stereocenters. The van der Waals surface area contributed by atoms with E-state index in [0.717, 1.165) is 6.42 Å². The molecule has 1 aromatic carbocycles. The first-order valence-corrected chi connectivity index (χ1v) is 8.46. The van der Waals surface area contributed by atoms with Crippen molar-refractivity contribution >= 4 is 17.7 Å². The molecule has 0 spiro atoms. The minimum atomic E-state index is -0.459. The van der Waals surface area contributed by atoms with Crippen LogP contribution in [0, 0.1) is 5.92 Å². The fraction of sp³-hybridized carbons (Fsp3) is 0.500. The van der Waals surface area contributed by atoms with Crippen LogP contribution in [0.3, 0.4) is 0 Å². The summed E-state index contributed by atoms with van der Waals surface area (Å²) in [5.41, 5.74) is 0.927. The molecule has 0 bridgehead atoms. The lowest BCUT2D eigenvalue weighted by Gasteiger charge is -2.28. The molecule has 6 heteroatoms. The van der Waals surface area contributed by atoms with Gasteiger partial charge in [-0.25, -0.2) is 0 Å². The predicted molar refractivity (Wildman–Crippen MR) is 87.9 cm³/mol. The average Bonchev–Trinajstić information content (AvgIpc) is 2.87. The summed E-state index contributed by atoms with van der Waals surface area (Å²) >= 11 is 0. The molecule has 2 N–H and O–H groups in total. The Hall–Kier alpha value is -2.21. The van der Waals surface area contributed by atoms with Crippen molar-refractivity contribution in [1.29, 1.82) is 0 Å². The van der Waals surface area contributed by atoms with Gasteiger partial charge in [0.25, 0.3) is 17.7 Å². The van der Waals surface area contributed by atoms with Gasteiger partial charge in [0.05, 0.1) is 23.8 Å². The summed E-state index contributed by atoms with van der Waals surface area (Å²) < 4.78 is 5.86. The average molecular weight is 330 g/mol. The maximum atomic E-state index is 12.2. The fourth-order valence-corrected chi connectivity index (χ4v) is 3.32. The molecular formula is C18H22N2O4. The van der Waals surface area contributed by atoms with E-state index in [1.807, 2.05) is 0 Å². The van der Waals surface area contributed by atoms with Crippen LogP contribution in [0.1, 0.15) is 63.7 Å². The number of fused-ring (bicyclic) bond motifs is 1. The van der Waals surface area contributed by atoms with Crippen molar-refractivity contribution < 1.29 is 19.1 Å². The van der Waals surface area contributed by atoms with Gasteiger partial charge in [-0.15, -0.1) is 0 Å². The van der Waals surface area contributed by atoms with E-state index in [-0.39, 0.29) is 17.6 Å². The minimum absolute atomic E-state index is 0.250. The van der Waals surface area contributed by atoms with Gasteiger partial charge in [-0.05, 0) is 37.0 Å². The Morgan fingerprint density at radius 3 is 2.75 bits per heavy atom. The Morgan fingerprint density at radius 2 is 1.96 bits per heavy atom. The number of nitrogens with one attached hydrogen (secondary N) is 2. The van der Waals surface area contributed by atoms with Crippen LogP contribution in [0.15, 0.2) is 18.2 Å². The number of hydrogen-bond donors (Lipinski definition) is 2. The van der Waals surface area contributed by atoms with Crippen LogP contribution in [-0.2, 0) is 4.74 Å². The first-order chi connectivity index (χ1) is 11.6. The Kier molecular flexibility index (Phi) is 4.94. The molecule has 24 heavy (non-hydrogen) atoms. The van der Waals surface area contributed by atoms with Gasteiger partial charge < -0.3 is 10.1 Å². The normalized spacial score (nSPS) is 22.9. The number of hydrogen-bond acceptors (Lipinski definition) is 4. The quantitative estimate of drug-likeness (QED) is 0.638. The van der Waals surface area contributed by atoms with Gasteiger partial charge in [0, 0.05) is 12.1 Å². The van der Waals surface area contributed by atoms with E-state index in [0.29, 0.717) is 30.2 Å². The zero-order chi connectivity index (χ0) is 17.1. The third kappa shape index (κ3) is 3.48. The second-order valence-corrected chi connectivity index (χ2v) is 6.47. The minimum Gasteiger partial charge on any atom is -0.376 e. The van der Waals surface area contributed by atoms with Crippen LogP contribution in [-0.4, -0.2) is 37.0 Å². The van der Waals surface area contributed by atoms with E-state index in [9.17, 15) is 14.4 Å². The van der Waals surface area contributed by atoms with E-state index in [1.165, 1.54) is 31.4 Å². The summed E-state index contributed by atoms with van der Waals surface area (Å²) in [5.74, 6) is -0.580. The highest BCUT2D eigenvalue weighted by atomic mass is 16.5. The second kappa shape index (κ2) is 7.13. The molecule has 128 valence electrons. The van der Waals surface area contributed by atoms with E-state index in [2.05, 4.69) is 17.6 Å². The highest BCUT2D eigenvalue weighted by Gasteiger charge is 2.27. The van der Waals surface area contributed by atoms with Gasteiger partial charge in [-0.2, -0.15) is 0 Å². The molecule has 6 nitrogen and oxygen atoms in total. The van der Waals surface area contributed by atoms with Gasteiger partial charge in [0.2, 0.25) is 0 Å². The predicted octanol–water partition coefficient (Wildman–Crippen LogP) is 1.90. The van der Waals surface area contributed by atoms with Gasteiger partial charge in [-0.1, -0.05) is 19.8 Å². The highest BCUT2D eigenvalue weighted by Crippen LogP contribution is 2.26. The number of rotatable bonds is 5. The second-order valence-electron chi connectivity index (χ2n) is 6.47. The summed E-state index contributed by atoms with van der Waals surface area (Å²) in [4.78, 5) is 35.3. The molecule has 3 amide bonds. The van der Waals surface area contributed by atoms with Gasteiger partial charge >= 0.3 is 0 Å². The number of benzene rings is 1. The van der Waals surface area contributed by atoms with Crippen LogP contribution in [0.5, 0.6) is 0 Å². The van der Waals surface area contributed by atoms with E-state index < -0.39 is 11.8 Å². The van der Waals surface area contributed by atoms with E-state index in [4.69, 9.17) is 4.74 Å². The van der Waals surface area contributed by atoms with Crippen molar-refractivity contribution in [1.82, 2.24) is 10.6 Å². The Morgan fingerprint density at radius 1 is 1.21 bits per heavy atom. The first-order valence-electron chi connectivity index (χ1n) is 8.46. The van der Waals surface area contributed by atoms with Crippen molar-refractivity contribution in [3.05, 3.63) is 34.9 Å². The number of amides is 3. The number of ether oxygens (including phenoxy) is 1. The third-order valence-corrected chi connectivity index (χ3v) is 4.75. The standard InChI is InChI=1S/C18H22N2O4/c1-11-4-2-3-5-15(11)24-9-8-19-16(21)12-6-7-13-14(10-12)18(23)20-17(13)22/h6-7,10-11,15H,2-5,8-9H2,1H3,(H,19,21)(H,20,22,23). The molecule has 1 aliphatic heterocycles. The summed E-state index contributed by atoms with van der Waals surface area (Å²) in [5, 5.41) is 5.00. The maximum absolute atomic E-state index is 12.2. The van der Waals surface area contributed by atoms with E-state index >= 15 is 0 Å². The number of carbonyl (C=O) groups excluding carboxylic acids is 3. The molecule has 0 radical (unpaired) electrons. The molecule has 3 rings (SSSR count). The van der Waals surface area contributed by atoms with Crippen LogP contribution in [0.4, 0.5) is 0 Å². The number of carbonyl (C=O) groups is 3. The molecule has 2 aliphatic rings. The molecule has 1 saturated carbocycles. The molecule has 1 fully saturated rings. The Bertz CT molecular complexity index is 671. The Labute approximate surface area is 140 Å². The molecule has 1 aromatic rings. The molecule has 0 saturated heterocycles. The van der Waals surface area contributed by atoms with Crippen molar-refractivity contribution in [3.63, 3.8) is 0 Å². The highest BCUT2D eigenvalue weighted by molar-refractivity contribution is 6.22. The van der Waals surface area contributed by atoms with Crippen molar-refractivity contribution in [2.75, 3.05) is 13.2 Å². The monoisotopic (exact) mass is 330 g/mol. The summed E-state index contributed by atoms with van der Waals surface area (Å²) in [6.07, 6.45) is 5.05. The zero-order valence-corrected chi connectivity index (χ0v) is 13.8. The Balaban J connectivity index is 1.50. The summed E-state index contributed by atoms with van der Waals surface area (Å²) in [7, 11) is 0. The van der Waals surface area contributed by atoms with Crippen LogP contribution >= 0.6 is 0 Å². The van der Waals surface area contributed by atoms with Crippen LogP contribution < -0.4 is 10.6 Å². The van der Waals surface area contributed by atoms with Crippen molar-refractivity contribution in [2.24, 2.45) is 5.92 Å². The third-order valence-electron chi connectivity index (χ3n) is 4.75. The van der Waals surface area contributed by atoms with Crippen molar-refractivity contribution in [2.45, 2.75) is 38.7 Å². The fourth-order valence-electron chi connectivity index (χ4n) is 3.32. The molecule has 2 unspecified atom stereocenters. The summed E-state index contributed by atoms with van der Waals surface area (Å²) in [6, 6.07) is 4.51. The smallest absolute Gasteiger partial charge is 0.258 e. The SMILES string of the molecule is CC1CCCCC1OCCNC(=O)c1ccc2c(c1)C(=O)NC2=O. The topological polar surface area (TPSA) is 84.5 Å². The van der Waals surface area contributed by atoms with Crippen LogP contribution in [0.2, 0.25) is 0 Å². The molecule has 1 heterocycles. The molecule has 1 aliphatic carbocycles. The molecular weight excluding hydrogens is 308 g/mol. The summed E-state index contributed by atoms with van der Waals surface area (Å²) in [6.45, 7) is 3.11. The van der Waals surface area contributed by atoms with Gasteiger partial charge in [0.1, 0.15) is 0 Å². The zero-order valence-electron chi connectivity index (χ0n) is 13.8. The lowest BCUT2D eigenvalue weighted by molar-refractivity contribution is -0.00293.